The number of hydrogen-bond acceptors (Lipinski definition) is 5. The third-order valence-electron chi connectivity index (χ3n) is 2.93. The number of ether oxygens (including phenoxy) is 1. The highest BCUT2D eigenvalue weighted by atomic mass is 32.2. The van der Waals surface area contributed by atoms with Gasteiger partial charge >= 0.3 is 5.97 Å². The van der Waals surface area contributed by atoms with Crippen LogP contribution in [0, 0.1) is 6.92 Å². The fourth-order valence-electron chi connectivity index (χ4n) is 1.62. The van der Waals surface area contributed by atoms with E-state index in [-0.39, 0.29) is 17.5 Å². The first kappa shape index (κ1) is 17.7. The molecule has 0 fully saturated rings. The molecule has 0 aliphatic carbocycles. The number of hydrogen-bond donors (Lipinski definition) is 0. The van der Waals surface area contributed by atoms with Crippen molar-refractivity contribution in [3.63, 3.8) is 0 Å². The molecule has 6 heteroatoms. The molecule has 0 saturated heterocycles. The number of benzene rings is 1. The quantitative estimate of drug-likeness (QED) is 0.545. The van der Waals surface area contributed by atoms with Crippen LogP contribution in [-0.4, -0.2) is 27.1 Å². The Balaban J connectivity index is 2.62. The van der Waals surface area contributed by atoms with Crippen molar-refractivity contribution >= 4 is 16.1 Å². The first-order chi connectivity index (χ1) is 9.89. The molecule has 21 heavy (non-hydrogen) atoms. The maximum Gasteiger partial charge on any atom is 0.306 e. The Bertz CT molecular complexity index is 548. The lowest BCUT2D eigenvalue weighted by Gasteiger charge is -2.16. The number of esters is 1. The van der Waals surface area contributed by atoms with Gasteiger partial charge in [0.15, 0.2) is 0 Å². The minimum absolute atomic E-state index is 0.0998. The van der Waals surface area contributed by atoms with E-state index < -0.39 is 16.2 Å². The molecular weight excluding hydrogens is 292 g/mol. The van der Waals surface area contributed by atoms with Crippen LogP contribution in [0.5, 0.6) is 0 Å². The fourth-order valence-corrected chi connectivity index (χ4v) is 2.56. The molecule has 0 bridgehead atoms. The molecule has 1 aromatic carbocycles. The van der Waals surface area contributed by atoms with Crippen molar-refractivity contribution in [2.75, 3.05) is 6.61 Å². The number of aryl methyl sites for hydroxylation is 1. The smallest absolute Gasteiger partial charge is 0.306 e. The van der Waals surface area contributed by atoms with Gasteiger partial charge in [-0.05, 0) is 31.9 Å². The standard InChI is InChI=1S/C15H22O5S/c1-4-6-15(16)20-13(5-2)11-19-21(17,18)14-9-7-12(3)8-10-14/h7-10,13H,4-6,11H2,1-3H3/t13-/m0/s1. The van der Waals surface area contributed by atoms with E-state index in [1.54, 1.807) is 12.1 Å². The van der Waals surface area contributed by atoms with E-state index in [4.69, 9.17) is 8.92 Å². The van der Waals surface area contributed by atoms with Crippen LogP contribution in [0.2, 0.25) is 0 Å². The summed E-state index contributed by atoms with van der Waals surface area (Å²) in [5.74, 6) is -0.333. The summed E-state index contributed by atoms with van der Waals surface area (Å²) in [7, 11) is -3.82. The molecule has 0 aromatic heterocycles. The third kappa shape index (κ3) is 5.85. The topological polar surface area (TPSA) is 69.7 Å². The van der Waals surface area contributed by atoms with Crippen LogP contribution in [0.15, 0.2) is 29.2 Å². The maximum atomic E-state index is 12.0. The van der Waals surface area contributed by atoms with Gasteiger partial charge in [0.05, 0.1) is 4.90 Å². The van der Waals surface area contributed by atoms with E-state index in [0.717, 1.165) is 5.56 Å². The van der Waals surface area contributed by atoms with Crippen LogP contribution in [-0.2, 0) is 23.8 Å². The molecule has 0 aliphatic heterocycles. The average molecular weight is 314 g/mol. The summed E-state index contributed by atoms with van der Waals surface area (Å²) in [6.45, 7) is 5.39. The van der Waals surface area contributed by atoms with E-state index in [9.17, 15) is 13.2 Å². The Labute approximate surface area is 126 Å². The molecule has 0 unspecified atom stereocenters. The molecule has 0 radical (unpaired) electrons. The summed E-state index contributed by atoms with van der Waals surface area (Å²) < 4.78 is 34.2. The molecule has 0 N–H and O–H groups in total. The zero-order valence-corrected chi connectivity index (χ0v) is 13.5. The first-order valence-corrected chi connectivity index (χ1v) is 8.45. The highest BCUT2D eigenvalue weighted by molar-refractivity contribution is 7.86. The Morgan fingerprint density at radius 1 is 1.19 bits per heavy atom. The zero-order valence-electron chi connectivity index (χ0n) is 12.7. The van der Waals surface area contributed by atoms with Gasteiger partial charge in [-0.1, -0.05) is 31.5 Å². The van der Waals surface area contributed by atoms with E-state index >= 15 is 0 Å². The molecule has 1 aromatic rings. The highest BCUT2D eigenvalue weighted by Crippen LogP contribution is 2.14. The summed E-state index contributed by atoms with van der Waals surface area (Å²) >= 11 is 0. The Kier molecular flexibility index (Phi) is 6.84. The SMILES string of the molecule is CCCC(=O)O[C@@H](CC)COS(=O)(=O)c1ccc(C)cc1. The minimum Gasteiger partial charge on any atom is -0.460 e. The van der Waals surface area contributed by atoms with Gasteiger partial charge in [0.1, 0.15) is 12.7 Å². The van der Waals surface area contributed by atoms with Gasteiger partial charge in [-0.2, -0.15) is 8.42 Å². The number of rotatable bonds is 8. The summed E-state index contributed by atoms with van der Waals surface area (Å²) in [4.78, 5) is 11.5. The summed E-state index contributed by atoms with van der Waals surface area (Å²) in [5, 5.41) is 0. The molecule has 118 valence electrons. The molecule has 0 spiro atoms. The lowest BCUT2D eigenvalue weighted by molar-refractivity contribution is -0.150. The van der Waals surface area contributed by atoms with Crippen LogP contribution in [0.4, 0.5) is 0 Å². The van der Waals surface area contributed by atoms with Crippen LogP contribution in [0.3, 0.4) is 0 Å². The van der Waals surface area contributed by atoms with Crippen molar-refractivity contribution in [1.29, 1.82) is 0 Å². The van der Waals surface area contributed by atoms with Gasteiger partial charge in [-0.15, -0.1) is 0 Å². The van der Waals surface area contributed by atoms with Crippen molar-refractivity contribution in [2.45, 2.75) is 51.0 Å². The highest BCUT2D eigenvalue weighted by Gasteiger charge is 2.19. The molecular formula is C15H22O5S. The molecule has 5 nitrogen and oxygen atoms in total. The van der Waals surface area contributed by atoms with Crippen LogP contribution < -0.4 is 0 Å². The summed E-state index contributed by atoms with van der Waals surface area (Å²) in [5.41, 5.74) is 0.967. The van der Waals surface area contributed by atoms with Crippen molar-refractivity contribution in [3.05, 3.63) is 29.8 Å². The molecule has 0 saturated carbocycles. The molecule has 1 rings (SSSR count). The van der Waals surface area contributed by atoms with Gasteiger partial charge in [-0.25, -0.2) is 0 Å². The maximum absolute atomic E-state index is 12.0. The summed E-state index contributed by atoms with van der Waals surface area (Å²) in [6.07, 6.45) is 0.960. The monoisotopic (exact) mass is 314 g/mol. The van der Waals surface area contributed by atoms with Gasteiger partial charge < -0.3 is 4.74 Å². The van der Waals surface area contributed by atoms with Gasteiger partial charge in [0, 0.05) is 6.42 Å². The fraction of sp³-hybridized carbons (Fsp3) is 0.533. The first-order valence-electron chi connectivity index (χ1n) is 7.04. The Morgan fingerprint density at radius 2 is 1.81 bits per heavy atom. The lowest BCUT2D eigenvalue weighted by Crippen LogP contribution is -2.24. The lowest BCUT2D eigenvalue weighted by atomic mass is 10.2. The second-order valence-corrected chi connectivity index (χ2v) is 6.44. The molecule has 1 atom stereocenters. The number of carbonyl (C=O) groups is 1. The largest absolute Gasteiger partial charge is 0.460 e. The molecule has 0 amide bonds. The Morgan fingerprint density at radius 3 is 2.33 bits per heavy atom. The van der Waals surface area contributed by atoms with Crippen LogP contribution in [0.1, 0.15) is 38.7 Å². The predicted molar refractivity (Wildman–Crippen MR) is 79.4 cm³/mol. The van der Waals surface area contributed by atoms with Crippen molar-refractivity contribution < 1.29 is 22.1 Å². The van der Waals surface area contributed by atoms with Crippen molar-refractivity contribution in [2.24, 2.45) is 0 Å². The van der Waals surface area contributed by atoms with E-state index in [0.29, 0.717) is 19.3 Å². The zero-order chi connectivity index (χ0) is 15.9. The van der Waals surface area contributed by atoms with Crippen LogP contribution >= 0.6 is 0 Å². The molecule has 0 aliphatic rings. The Hall–Kier alpha value is -1.40. The van der Waals surface area contributed by atoms with Crippen molar-refractivity contribution in [3.8, 4) is 0 Å². The van der Waals surface area contributed by atoms with Crippen molar-refractivity contribution in [1.82, 2.24) is 0 Å². The molecule has 0 heterocycles. The predicted octanol–water partition coefficient (Wildman–Crippen LogP) is 2.82. The van der Waals surface area contributed by atoms with Gasteiger partial charge in [-0.3, -0.25) is 8.98 Å². The summed E-state index contributed by atoms with van der Waals surface area (Å²) in [6, 6.07) is 6.40. The van der Waals surface area contributed by atoms with E-state index in [1.807, 2.05) is 20.8 Å². The van der Waals surface area contributed by atoms with E-state index in [2.05, 4.69) is 0 Å². The van der Waals surface area contributed by atoms with Crippen LogP contribution in [0.25, 0.3) is 0 Å². The third-order valence-corrected chi connectivity index (χ3v) is 4.22. The van der Waals surface area contributed by atoms with E-state index in [1.165, 1.54) is 12.1 Å². The van der Waals surface area contributed by atoms with Gasteiger partial charge in [0.2, 0.25) is 0 Å². The minimum atomic E-state index is -3.82. The average Bonchev–Trinajstić information content (AvgIpc) is 2.44. The number of carbonyl (C=O) groups excluding carboxylic acids is 1. The second kappa shape index (κ2) is 8.14. The second-order valence-electron chi connectivity index (χ2n) is 4.82. The normalized spacial score (nSPS) is 12.9. The van der Waals surface area contributed by atoms with Gasteiger partial charge in [0.25, 0.3) is 10.1 Å².